The fourth-order valence-electron chi connectivity index (χ4n) is 1.19. The van der Waals surface area contributed by atoms with Crippen molar-refractivity contribution in [3.05, 3.63) is 41.5 Å². The Balaban J connectivity index is 2.64. The molecule has 3 heteroatoms. The SMILES string of the molecule is COC(=O)C=Cc1ccc(CCN)cc1. The third kappa shape index (κ3) is 3.95. The molecule has 0 heterocycles. The van der Waals surface area contributed by atoms with Gasteiger partial charge in [0.05, 0.1) is 7.11 Å². The highest BCUT2D eigenvalue weighted by Crippen LogP contribution is 2.06. The van der Waals surface area contributed by atoms with Crippen LogP contribution in [0.25, 0.3) is 6.08 Å². The van der Waals surface area contributed by atoms with Gasteiger partial charge < -0.3 is 10.5 Å². The number of ether oxygens (including phenoxy) is 1. The van der Waals surface area contributed by atoms with Crippen LogP contribution >= 0.6 is 0 Å². The highest BCUT2D eigenvalue weighted by atomic mass is 16.5. The fraction of sp³-hybridized carbons (Fsp3) is 0.250. The van der Waals surface area contributed by atoms with Crippen LogP contribution in [0.3, 0.4) is 0 Å². The lowest BCUT2D eigenvalue weighted by Crippen LogP contribution is -2.02. The van der Waals surface area contributed by atoms with Crippen molar-refractivity contribution in [2.24, 2.45) is 5.73 Å². The molecule has 0 bridgehead atoms. The molecule has 1 rings (SSSR count). The van der Waals surface area contributed by atoms with E-state index in [9.17, 15) is 4.79 Å². The lowest BCUT2D eigenvalue weighted by Gasteiger charge is -1.98. The molecule has 0 aromatic heterocycles. The Hall–Kier alpha value is -1.61. The average Bonchev–Trinajstić information content (AvgIpc) is 2.28. The zero-order valence-electron chi connectivity index (χ0n) is 8.77. The first-order chi connectivity index (χ1) is 7.26. The van der Waals surface area contributed by atoms with E-state index in [4.69, 9.17) is 5.73 Å². The maximum Gasteiger partial charge on any atom is 0.330 e. The van der Waals surface area contributed by atoms with Gasteiger partial charge >= 0.3 is 5.97 Å². The van der Waals surface area contributed by atoms with Crippen molar-refractivity contribution in [2.75, 3.05) is 13.7 Å². The molecular weight excluding hydrogens is 190 g/mol. The quantitative estimate of drug-likeness (QED) is 0.596. The molecule has 1 aromatic rings. The third-order valence-electron chi connectivity index (χ3n) is 2.03. The van der Waals surface area contributed by atoms with Crippen molar-refractivity contribution in [2.45, 2.75) is 6.42 Å². The van der Waals surface area contributed by atoms with Crippen LogP contribution in [0.4, 0.5) is 0 Å². The van der Waals surface area contributed by atoms with Crippen LogP contribution in [0.1, 0.15) is 11.1 Å². The minimum Gasteiger partial charge on any atom is -0.466 e. The third-order valence-corrected chi connectivity index (χ3v) is 2.03. The molecule has 0 saturated carbocycles. The second-order valence-electron chi connectivity index (χ2n) is 3.14. The lowest BCUT2D eigenvalue weighted by molar-refractivity contribution is -0.134. The first-order valence-corrected chi connectivity index (χ1v) is 4.81. The number of rotatable bonds is 4. The van der Waals surface area contributed by atoms with Gasteiger partial charge in [0.1, 0.15) is 0 Å². The van der Waals surface area contributed by atoms with E-state index in [2.05, 4.69) is 4.74 Å². The van der Waals surface area contributed by atoms with Crippen LogP contribution < -0.4 is 5.73 Å². The second-order valence-corrected chi connectivity index (χ2v) is 3.14. The van der Waals surface area contributed by atoms with E-state index in [1.807, 2.05) is 24.3 Å². The van der Waals surface area contributed by atoms with Gasteiger partial charge in [-0.15, -0.1) is 0 Å². The Morgan fingerprint density at radius 3 is 2.60 bits per heavy atom. The van der Waals surface area contributed by atoms with Crippen LogP contribution in [0.5, 0.6) is 0 Å². The summed E-state index contributed by atoms with van der Waals surface area (Å²) in [4.78, 5) is 10.8. The summed E-state index contributed by atoms with van der Waals surface area (Å²) in [5, 5.41) is 0. The summed E-state index contributed by atoms with van der Waals surface area (Å²) in [7, 11) is 1.36. The van der Waals surface area contributed by atoms with Crippen molar-refractivity contribution in [3.63, 3.8) is 0 Å². The summed E-state index contributed by atoms with van der Waals surface area (Å²) in [5.41, 5.74) is 7.61. The van der Waals surface area contributed by atoms with Gasteiger partial charge in [0, 0.05) is 6.08 Å². The standard InChI is InChI=1S/C12H15NO2/c1-15-12(14)7-6-10-2-4-11(5-3-10)8-9-13/h2-7H,8-9,13H2,1H3. The van der Waals surface area contributed by atoms with Crippen molar-refractivity contribution in [1.29, 1.82) is 0 Å². The Morgan fingerprint density at radius 1 is 1.40 bits per heavy atom. The molecule has 3 nitrogen and oxygen atoms in total. The molecule has 80 valence electrons. The number of esters is 1. The van der Waals surface area contributed by atoms with Gasteiger partial charge in [-0.05, 0) is 30.2 Å². The molecule has 0 aliphatic carbocycles. The molecule has 0 aliphatic rings. The zero-order chi connectivity index (χ0) is 11.1. The maximum absolute atomic E-state index is 10.8. The van der Waals surface area contributed by atoms with E-state index in [-0.39, 0.29) is 5.97 Å². The van der Waals surface area contributed by atoms with Crippen LogP contribution in [0, 0.1) is 0 Å². The van der Waals surface area contributed by atoms with E-state index in [0.717, 1.165) is 12.0 Å². The molecule has 15 heavy (non-hydrogen) atoms. The van der Waals surface area contributed by atoms with Gasteiger partial charge in [-0.2, -0.15) is 0 Å². The number of benzene rings is 1. The largest absolute Gasteiger partial charge is 0.466 e. The summed E-state index contributed by atoms with van der Waals surface area (Å²) >= 11 is 0. The monoisotopic (exact) mass is 205 g/mol. The smallest absolute Gasteiger partial charge is 0.330 e. The topological polar surface area (TPSA) is 52.3 Å². The number of carbonyl (C=O) groups excluding carboxylic acids is 1. The summed E-state index contributed by atoms with van der Waals surface area (Å²) in [6.07, 6.45) is 4.00. The molecule has 0 saturated heterocycles. The normalized spacial score (nSPS) is 10.5. The van der Waals surface area contributed by atoms with Gasteiger partial charge in [-0.1, -0.05) is 24.3 Å². The summed E-state index contributed by atoms with van der Waals surface area (Å²) in [6.45, 7) is 0.650. The summed E-state index contributed by atoms with van der Waals surface area (Å²) in [6, 6.07) is 7.91. The maximum atomic E-state index is 10.8. The van der Waals surface area contributed by atoms with Gasteiger partial charge in [-0.25, -0.2) is 4.79 Å². The predicted molar refractivity (Wildman–Crippen MR) is 60.3 cm³/mol. The van der Waals surface area contributed by atoms with E-state index in [1.54, 1.807) is 6.08 Å². The average molecular weight is 205 g/mol. The number of hydrogen-bond donors (Lipinski definition) is 1. The minimum atomic E-state index is -0.346. The van der Waals surface area contributed by atoms with Gasteiger partial charge in [0.2, 0.25) is 0 Å². The lowest BCUT2D eigenvalue weighted by atomic mass is 10.1. The van der Waals surface area contributed by atoms with E-state index in [1.165, 1.54) is 18.7 Å². The molecule has 0 atom stereocenters. The Labute approximate surface area is 89.5 Å². The van der Waals surface area contributed by atoms with Crippen molar-refractivity contribution < 1.29 is 9.53 Å². The van der Waals surface area contributed by atoms with Gasteiger partial charge in [0.25, 0.3) is 0 Å². The summed E-state index contributed by atoms with van der Waals surface area (Å²) < 4.78 is 4.49. The molecule has 0 radical (unpaired) electrons. The number of methoxy groups -OCH3 is 1. The second kappa shape index (κ2) is 5.98. The molecule has 0 amide bonds. The van der Waals surface area contributed by atoms with Crippen LogP contribution in [-0.4, -0.2) is 19.6 Å². The number of nitrogens with two attached hydrogens (primary N) is 1. The molecule has 0 unspecified atom stereocenters. The van der Waals surface area contributed by atoms with E-state index < -0.39 is 0 Å². The number of carbonyl (C=O) groups is 1. The first kappa shape index (κ1) is 11.5. The Morgan fingerprint density at radius 2 is 2.07 bits per heavy atom. The Kier molecular flexibility index (Phi) is 4.57. The van der Waals surface area contributed by atoms with E-state index >= 15 is 0 Å². The molecule has 0 fully saturated rings. The Bertz CT molecular complexity index is 341. The van der Waals surface area contributed by atoms with Crippen molar-refractivity contribution >= 4 is 12.0 Å². The van der Waals surface area contributed by atoms with E-state index in [0.29, 0.717) is 6.54 Å². The summed E-state index contributed by atoms with van der Waals surface area (Å²) in [5.74, 6) is -0.346. The minimum absolute atomic E-state index is 0.346. The van der Waals surface area contributed by atoms with Gasteiger partial charge in [0.15, 0.2) is 0 Å². The van der Waals surface area contributed by atoms with Gasteiger partial charge in [-0.3, -0.25) is 0 Å². The molecule has 1 aromatic carbocycles. The molecule has 0 spiro atoms. The highest BCUT2D eigenvalue weighted by Gasteiger charge is 1.93. The highest BCUT2D eigenvalue weighted by molar-refractivity contribution is 5.86. The molecule has 2 N–H and O–H groups in total. The zero-order valence-corrected chi connectivity index (χ0v) is 8.77. The first-order valence-electron chi connectivity index (χ1n) is 4.81. The van der Waals surface area contributed by atoms with Crippen LogP contribution in [0.15, 0.2) is 30.3 Å². The van der Waals surface area contributed by atoms with Crippen molar-refractivity contribution in [3.8, 4) is 0 Å². The van der Waals surface area contributed by atoms with Crippen molar-refractivity contribution in [1.82, 2.24) is 0 Å². The van der Waals surface area contributed by atoms with Crippen LogP contribution in [-0.2, 0) is 16.0 Å². The molecule has 0 aliphatic heterocycles. The molecular formula is C12H15NO2. The fourth-order valence-corrected chi connectivity index (χ4v) is 1.19. The number of hydrogen-bond acceptors (Lipinski definition) is 3. The van der Waals surface area contributed by atoms with Crippen LogP contribution in [0.2, 0.25) is 0 Å². The predicted octanol–water partition coefficient (Wildman–Crippen LogP) is 1.37.